The summed E-state index contributed by atoms with van der Waals surface area (Å²) in [4.78, 5) is 0. The minimum atomic E-state index is -1.75. The molecule has 0 bridgehead atoms. The van der Waals surface area contributed by atoms with Crippen LogP contribution in [0.25, 0.3) is 0 Å². The Morgan fingerprint density at radius 1 is 0.682 bits per heavy atom. The van der Waals surface area contributed by atoms with Crippen LogP contribution in [-0.2, 0) is 28.4 Å². The number of rotatable bonds is 12. The molecule has 0 unspecified atom stereocenters. The molecule has 4 saturated carbocycles. The van der Waals surface area contributed by atoms with Gasteiger partial charge in [0.2, 0.25) is 0 Å². The highest BCUT2D eigenvalue weighted by atomic mass is 16.8. The first-order valence-corrected chi connectivity index (χ1v) is 24.3. The average Bonchev–Trinajstić information content (AvgIpc) is 3.64. The molecule has 12 N–H and O–H groups in total. The molecule has 3 aliphatic heterocycles. The van der Waals surface area contributed by atoms with Crippen molar-refractivity contribution in [2.75, 3.05) is 13.2 Å². The van der Waals surface area contributed by atoms with Crippen molar-refractivity contribution in [2.45, 2.75) is 230 Å². The first kappa shape index (κ1) is 52.8. The molecule has 7 aliphatic rings. The zero-order valence-corrected chi connectivity index (χ0v) is 40.2. The molecule has 3 saturated heterocycles. The van der Waals surface area contributed by atoms with Crippen LogP contribution in [0.15, 0.2) is 11.6 Å². The molecule has 66 heavy (non-hydrogen) atoms. The van der Waals surface area contributed by atoms with Gasteiger partial charge in [0.15, 0.2) is 18.9 Å². The highest BCUT2D eigenvalue weighted by Gasteiger charge is 2.74. The summed E-state index contributed by atoms with van der Waals surface area (Å²) >= 11 is 0. The Balaban J connectivity index is 1.27. The van der Waals surface area contributed by atoms with Crippen molar-refractivity contribution in [3.8, 4) is 0 Å². The molecule has 18 nitrogen and oxygen atoms in total. The normalized spacial score (nSPS) is 53.5. The minimum absolute atomic E-state index is 0.0861. The summed E-state index contributed by atoms with van der Waals surface area (Å²) in [5.74, 6) is -1.12. The second-order valence-corrected chi connectivity index (χ2v) is 23.0. The molecular formula is C48H82O18. The van der Waals surface area contributed by atoms with Crippen LogP contribution < -0.4 is 0 Å². The van der Waals surface area contributed by atoms with Gasteiger partial charge in [0, 0.05) is 0 Å². The van der Waals surface area contributed by atoms with E-state index in [0.29, 0.717) is 51.4 Å². The van der Waals surface area contributed by atoms with E-state index in [2.05, 4.69) is 26.8 Å². The standard InChI is InChI=1S/C48H82O18/c1-21(2)11-10-14-48(9,66-42-38(60)35(57)32(54)26(19-49)63-42)23-12-16-46(7)30(23)24(51)17-28-45(6)15-13-29(52)44(4,5)40(45)25(18-47(28,46)8)62-43-39(36(58)33(55)27(20-50)64-43)65-41-37(59)34(56)31(53)22(3)61-41/h11,22-43,49-60H,10,12-20H2,1-9H3/t22-,23-,24+,25-,26+,27+,28+,29-,30-,31-,32+,33+,34+,35-,36-,37+,38+,39+,40-,41-,42-,43+,45-,46-,47-,48+/m0/s1. The number of hydrogen-bond acceptors (Lipinski definition) is 18. The largest absolute Gasteiger partial charge is 0.394 e. The molecule has 0 aromatic carbocycles. The first-order chi connectivity index (χ1) is 30.7. The fourth-order valence-electron chi connectivity index (χ4n) is 14.9. The third kappa shape index (κ3) is 8.69. The number of aliphatic hydroxyl groups is 12. The van der Waals surface area contributed by atoms with Crippen LogP contribution in [0.4, 0.5) is 0 Å². The fraction of sp³-hybridized carbons (Fsp3) is 0.958. The number of ether oxygens (including phenoxy) is 6. The van der Waals surface area contributed by atoms with Crippen molar-refractivity contribution in [2.24, 2.45) is 45.3 Å². The molecule has 4 aliphatic carbocycles. The molecule has 0 spiro atoms. The Labute approximate surface area is 388 Å². The van der Waals surface area contributed by atoms with Crippen molar-refractivity contribution in [1.29, 1.82) is 0 Å². The molecule has 382 valence electrons. The van der Waals surface area contributed by atoms with E-state index < -0.39 is 151 Å². The van der Waals surface area contributed by atoms with Gasteiger partial charge in [-0.2, -0.15) is 0 Å². The van der Waals surface area contributed by atoms with Crippen LogP contribution in [0.2, 0.25) is 0 Å². The number of aliphatic hydroxyl groups excluding tert-OH is 12. The second kappa shape index (κ2) is 19.2. The maximum absolute atomic E-state index is 12.7. The second-order valence-electron chi connectivity index (χ2n) is 23.0. The van der Waals surface area contributed by atoms with Gasteiger partial charge in [0.1, 0.15) is 67.1 Å². The summed E-state index contributed by atoms with van der Waals surface area (Å²) in [5, 5.41) is 132. The average molecular weight is 947 g/mol. The Kier molecular flexibility index (Phi) is 15.4. The van der Waals surface area contributed by atoms with E-state index in [9.17, 15) is 61.3 Å². The molecule has 0 amide bonds. The van der Waals surface area contributed by atoms with Crippen LogP contribution in [0, 0.1) is 45.3 Å². The lowest BCUT2D eigenvalue weighted by Crippen LogP contribution is -2.71. The van der Waals surface area contributed by atoms with Gasteiger partial charge in [-0.1, -0.05) is 46.3 Å². The quantitative estimate of drug-likeness (QED) is 0.0904. The van der Waals surface area contributed by atoms with E-state index in [4.69, 9.17) is 28.4 Å². The van der Waals surface area contributed by atoms with Gasteiger partial charge in [-0.3, -0.25) is 0 Å². The van der Waals surface area contributed by atoms with E-state index in [1.165, 1.54) is 6.92 Å². The van der Waals surface area contributed by atoms with E-state index in [-0.39, 0.29) is 23.7 Å². The van der Waals surface area contributed by atoms with Gasteiger partial charge in [0.05, 0.1) is 43.2 Å². The van der Waals surface area contributed by atoms with Crippen LogP contribution in [0.1, 0.15) is 114 Å². The SMILES string of the molecule is CC(C)=CCC[C@@](C)(O[C@@H]1O[C@H](CO)[C@@H](O)[C@H](O)[C@H]1O)[C@H]1CC[C@@]2(C)[C@@H]1[C@H](O)C[C@@H]1[C@]3(C)CC[C@H](O)C(C)(C)[C@@H]3[C@@H](O[C@@H]3O[C@H](CO)[C@@H](O)[C@H](O)[C@H]3O[C@@H]3O[C@@H](C)[C@H](O)[C@@H](O)[C@H]3O)C[C@@]12C. The van der Waals surface area contributed by atoms with E-state index >= 15 is 0 Å². The summed E-state index contributed by atoms with van der Waals surface area (Å²) in [5.41, 5.74) is -2.43. The minimum Gasteiger partial charge on any atom is -0.394 e. The highest BCUT2D eigenvalue weighted by molar-refractivity contribution is 5.22. The Morgan fingerprint density at radius 2 is 1.27 bits per heavy atom. The van der Waals surface area contributed by atoms with E-state index in [0.717, 1.165) is 5.57 Å². The van der Waals surface area contributed by atoms with Crippen molar-refractivity contribution >= 4 is 0 Å². The van der Waals surface area contributed by atoms with Crippen LogP contribution in [-0.4, -0.2) is 191 Å². The van der Waals surface area contributed by atoms with Crippen molar-refractivity contribution < 1.29 is 89.7 Å². The Morgan fingerprint density at radius 3 is 1.89 bits per heavy atom. The van der Waals surface area contributed by atoms with Crippen LogP contribution >= 0.6 is 0 Å². The summed E-state index contributed by atoms with van der Waals surface area (Å²) in [6, 6.07) is 0. The number of hydrogen-bond donors (Lipinski definition) is 12. The lowest BCUT2D eigenvalue weighted by Gasteiger charge is -2.72. The summed E-state index contributed by atoms with van der Waals surface area (Å²) in [7, 11) is 0. The Hall–Kier alpha value is -0.980. The van der Waals surface area contributed by atoms with Gasteiger partial charge in [-0.15, -0.1) is 0 Å². The Bertz CT molecular complexity index is 1700. The van der Waals surface area contributed by atoms with Gasteiger partial charge in [-0.05, 0) is 124 Å². The van der Waals surface area contributed by atoms with Gasteiger partial charge < -0.3 is 89.7 Å². The maximum Gasteiger partial charge on any atom is 0.187 e. The molecule has 7 rings (SSSR count). The molecule has 7 fully saturated rings. The molecule has 0 radical (unpaired) electrons. The number of allylic oxidation sites excluding steroid dienone is 2. The highest BCUT2D eigenvalue weighted by Crippen LogP contribution is 2.76. The summed E-state index contributed by atoms with van der Waals surface area (Å²) in [6.07, 6.45) is -18.3. The smallest absolute Gasteiger partial charge is 0.187 e. The van der Waals surface area contributed by atoms with Crippen molar-refractivity contribution in [1.82, 2.24) is 0 Å². The molecule has 26 atom stereocenters. The summed E-state index contributed by atoms with van der Waals surface area (Å²) < 4.78 is 38.1. The summed E-state index contributed by atoms with van der Waals surface area (Å²) in [6.45, 7) is 16.8. The molecular weight excluding hydrogens is 865 g/mol. The topological polar surface area (TPSA) is 298 Å². The van der Waals surface area contributed by atoms with Gasteiger partial charge >= 0.3 is 0 Å². The van der Waals surface area contributed by atoms with Crippen molar-refractivity contribution in [3.05, 3.63) is 11.6 Å². The zero-order valence-electron chi connectivity index (χ0n) is 40.2. The van der Waals surface area contributed by atoms with Crippen LogP contribution in [0.3, 0.4) is 0 Å². The lowest BCUT2D eigenvalue weighted by molar-refractivity contribution is -0.382. The van der Waals surface area contributed by atoms with E-state index in [1.54, 1.807) is 0 Å². The van der Waals surface area contributed by atoms with Crippen LogP contribution in [0.5, 0.6) is 0 Å². The molecule has 3 heterocycles. The lowest BCUT2D eigenvalue weighted by atomic mass is 9.34. The first-order valence-electron chi connectivity index (χ1n) is 24.3. The van der Waals surface area contributed by atoms with Gasteiger partial charge in [-0.25, -0.2) is 0 Å². The molecule has 18 heteroatoms. The number of fused-ring (bicyclic) bond motifs is 5. The third-order valence-electron chi connectivity index (χ3n) is 18.7. The monoisotopic (exact) mass is 947 g/mol. The third-order valence-corrected chi connectivity index (χ3v) is 18.7. The van der Waals surface area contributed by atoms with Crippen molar-refractivity contribution in [3.63, 3.8) is 0 Å². The van der Waals surface area contributed by atoms with Gasteiger partial charge in [0.25, 0.3) is 0 Å². The fourth-order valence-corrected chi connectivity index (χ4v) is 14.9. The molecule has 0 aromatic rings. The zero-order chi connectivity index (χ0) is 48.8. The molecule has 0 aromatic heterocycles. The predicted octanol–water partition coefficient (Wildman–Crippen LogP) is -0.0284. The maximum atomic E-state index is 12.7. The van der Waals surface area contributed by atoms with E-state index in [1.807, 2.05) is 34.6 Å². The predicted molar refractivity (Wildman–Crippen MR) is 234 cm³/mol.